The third-order valence-corrected chi connectivity index (χ3v) is 7.18. The molecule has 0 radical (unpaired) electrons. The summed E-state index contributed by atoms with van der Waals surface area (Å²) >= 11 is 1.64. The molecule has 1 aliphatic rings. The molecule has 3 atom stereocenters. The van der Waals surface area contributed by atoms with Crippen molar-refractivity contribution in [2.24, 2.45) is 0 Å². The quantitative estimate of drug-likeness (QED) is 0.880. The van der Waals surface area contributed by atoms with E-state index in [1.54, 1.807) is 11.8 Å². The van der Waals surface area contributed by atoms with Gasteiger partial charge in [0.2, 0.25) is 0 Å². The molecule has 1 saturated heterocycles. The van der Waals surface area contributed by atoms with Crippen LogP contribution in [0.25, 0.3) is 0 Å². The molecule has 0 amide bonds. The number of aliphatic hydroxyl groups excluding tert-OH is 2. The van der Waals surface area contributed by atoms with E-state index in [-0.39, 0.29) is 6.61 Å². The third-order valence-electron chi connectivity index (χ3n) is 3.11. The van der Waals surface area contributed by atoms with Crippen molar-refractivity contribution in [2.45, 2.75) is 23.0 Å². The van der Waals surface area contributed by atoms with Gasteiger partial charge in [0.1, 0.15) is 4.08 Å². The molecule has 18 heavy (non-hydrogen) atoms. The Labute approximate surface area is 114 Å². The lowest BCUT2D eigenvalue weighted by atomic mass is 10.1. The number of hydrogen-bond acceptors (Lipinski definition) is 4. The van der Waals surface area contributed by atoms with Crippen molar-refractivity contribution in [3.05, 3.63) is 35.9 Å². The van der Waals surface area contributed by atoms with Crippen molar-refractivity contribution >= 4 is 22.6 Å². The molecule has 1 aromatic rings. The fourth-order valence-electron chi connectivity index (χ4n) is 2.21. The van der Waals surface area contributed by atoms with Crippen molar-refractivity contribution in [3.63, 3.8) is 0 Å². The van der Waals surface area contributed by atoms with Crippen LogP contribution in [0.2, 0.25) is 0 Å². The molecule has 5 heteroatoms. The molecule has 0 saturated carbocycles. The maximum Gasteiger partial charge on any atom is 0.118 e. The van der Waals surface area contributed by atoms with E-state index in [2.05, 4.69) is 0 Å². The Morgan fingerprint density at radius 1 is 1.39 bits per heavy atom. The second-order valence-corrected chi connectivity index (χ2v) is 7.86. The van der Waals surface area contributed by atoms with Crippen LogP contribution in [-0.2, 0) is 14.9 Å². The van der Waals surface area contributed by atoms with E-state index >= 15 is 0 Å². The highest BCUT2D eigenvalue weighted by atomic mass is 32.2. The summed E-state index contributed by atoms with van der Waals surface area (Å²) in [7, 11) is -1.02. The Hall–Kier alpha value is -0.360. The Morgan fingerprint density at radius 3 is 2.72 bits per heavy atom. The molecule has 2 N–H and O–H groups in total. The van der Waals surface area contributed by atoms with Gasteiger partial charge in [-0.1, -0.05) is 30.3 Å². The zero-order chi connectivity index (χ0) is 13.0. The Morgan fingerprint density at radius 2 is 2.11 bits per heavy atom. The average molecular weight is 286 g/mol. The predicted octanol–water partition coefficient (Wildman–Crippen LogP) is 1.47. The van der Waals surface area contributed by atoms with Crippen LogP contribution in [0, 0.1) is 0 Å². The van der Waals surface area contributed by atoms with E-state index in [0.29, 0.717) is 12.2 Å². The summed E-state index contributed by atoms with van der Waals surface area (Å²) in [5.41, 5.74) is 0.987. The fraction of sp³-hybridized carbons (Fsp3) is 0.538. The number of thioether (sulfide) groups is 1. The van der Waals surface area contributed by atoms with E-state index in [4.69, 9.17) is 5.11 Å². The molecule has 0 aliphatic carbocycles. The predicted molar refractivity (Wildman–Crippen MR) is 75.9 cm³/mol. The normalized spacial score (nSPS) is 30.0. The molecule has 0 aromatic heterocycles. The molecule has 1 fully saturated rings. The van der Waals surface area contributed by atoms with Crippen LogP contribution in [0.15, 0.2) is 30.3 Å². The second-order valence-electron chi connectivity index (χ2n) is 4.41. The first kappa shape index (κ1) is 14.1. The van der Waals surface area contributed by atoms with Gasteiger partial charge in [-0.05, 0) is 17.7 Å². The summed E-state index contributed by atoms with van der Waals surface area (Å²) in [5, 5.41) is 18.8. The minimum Gasteiger partial charge on any atom is -0.394 e. The Kier molecular flexibility index (Phi) is 4.84. The maximum absolute atomic E-state index is 12.5. The molecule has 100 valence electrons. The number of rotatable bonds is 4. The van der Waals surface area contributed by atoms with Crippen LogP contribution >= 0.6 is 11.8 Å². The lowest BCUT2D eigenvalue weighted by Gasteiger charge is -2.37. The van der Waals surface area contributed by atoms with Crippen LogP contribution in [0.4, 0.5) is 0 Å². The van der Waals surface area contributed by atoms with Crippen LogP contribution < -0.4 is 0 Å². The summed E-state index contributed by atoms with van der Waals surface area (Å²) in [6, 6.07) is 9.69. The van der Waals surface area contributed by atoms with Gasteiger partial charge >= 0.3 is 0 Å². The van der Waals surface area contributed by atoms with Crippen LogP contribution in [0.1, 0.15) is 18.4 Å². The summed E-state index contributed by atoms with van der Waals surface area (Å²) in [6.45, 7) is -0.285. The first-order valence-corrected chi connectivity index (χ1v) is 8.36. The van der Waals surface area contributed by atoms with E-state index < -0.39 is 21.0 Å². The van der Waals surface area contributed by atoms with Gasteiger partial charge in [0.05, 0.1) is 12.7 Å². The summed E-state index contributed by atoms with van der Waals surface area (Å²) < 4.78 is 11.9. The molecule has 1 aromatic carbocycles. The third kappa shape index (κ3) is 2.79. The zero-order valence-corrected chi connectivity index (χ0v) is 11.8. The zero-order valence-electron chi connectivity index (χ0n) is 10.1. The van der Waals surface area contributed by atoms with Gasteiger partial charge in [-0.15, -0.1) is 11.8 Å². The van der Waals surface area contributed by atoms with Gasteiger partial charge in [-0.2, -0.15) is 0 Å². The van der Waals surface area contributed by atoms with E-state index in [9.17, 15) is 9.32 Å². The topological polar surface area (TPSA) is 57.5 Å². The minimum absolute atomic E-state index is 0.285. The van der Waals surface area contributed by atoms with Gasteiger partial charge in [-0.3, -0.25) is 4.21 Å². The summed E-state index contributed by atoms with van der Waals surface area (Å²) in [4.78, 5) is 0. The second kappa shape index (κ2) is 6.19. The largest absolute Gasteiger partial charge is 0.394 e. The fourth-order valence-corrected chi connectivity index (χ4v) is 6.16. The molecule has 0 spiro atoms. The molecule has 0 bridgehead atoms. The molecule has 1 heterocycles. The smallest absolute Gasteiger partial charge is 0.118 e. The van der Waals surface area contributed by atoms with Crippen molar-refractivity contribution in [3.8, 4) is 0 Å². The number of hydrogen-bond donors (Lipinski definition) is 2. The number of aliphatic hydroxyl groups is 2. The van der Waals surface area contributed by atoms with Crippen LogP contribution in [0.5, 0.6) is 0 Å². The van der Waals surface area contributed by atoms with Crippen molar-refractivity contribution in [1.82, 2.24) is 0 Å². The van der Waals surface area contributed by atoms with Crippen LogP contribution in [0.3, 0.4) is 0 Å². The highest BCUT2D eigenvalue weighted by Crippen LogP contribution is 2.47. The van der Waals surface area contributed by atoms with Gasteiger partial charge in [0.15, 0.2) is 0 Å². The monoisotopic (exact) mass is 286 g/mol. The molecular formula is C13H18O3S2. The maximum atomic E-state index is 12.5. The standard InChI is InChI=1S/C13H18O3S2/c14-10-12(15)9-13(11-5-2-1-3-6-11)17-7-4-8-18(13)16/h1-3,5-6,12,14-15H,4,7-10H2/t12-,13+,18?/m0/s1. The van der Waals surface area contributed by atoms with Crippen LogP contribution in [-0.4, -0.2) is 38.6 Å². The van der Waals surface area contributed by atoms with Gasteiger partial charge in [0.25, 0.3) is 0 Å². The summed E-state index contributed by atoms with van der Waals surface area (Å²) in [6.07, 6.45) is 0.464. The lowest BCUT2D eigenvalue weighted by molar-refractivity contribution is 0.0853. The molecule has 1 aliphatic heterocycles. The van der Waals surface area contributed by atoms with Gasteiger partial charge < -0.3 is 10.2 Å². The number of benzene rings is 1. The highest BCUT2D eigenvalue weighted by molar-refractivity contribution is 8.12. The van der Waals surface area contributed by atoms with Gasteiger partial charge in [0, 0.05) is 23.0 Å². The van der Waals surface area contributed by atoms with E-state index in [1.165, 1.54) is 0 Å². The molecule has 2 rings (SSSR count). The first-order valence-electron chi connectivity index (χ1n) is 6.06. The minimum atomic E-state index is -1.02. The van der Waals surface area contributed by atoms with Crippen molar-refractivity contribution in [1.29, 1.82) is 0 Å². The SMILES string of the molecule is O=S1CCCS[C@@]1(C[C@H](O)CO)c1ccccc1. The Bertz CT molecular complexity index is 410. The molecular weight excluding hydrogens is 268 g/mol. The molecule has 1 unspecified atom stereocenters. The Balaban J connectivity index is 2.36. The van der Waals surface area contributed by atoms with E-state index in [1.807, 2.05) is 30.3 Å². The first-order chi connectivity index (χ1) is 8.69. The average Bonchev–Trinajstić information content (AvgIpc) is 2.42. The highest BCUT2D eigenvalue weighted by Gasteiger charge is 2.42. The summed E-state index contributed by atoms with van der Waals surface area (Å²) in [5.74, 6) is 1.61. The van der Waals surface area contributed by atoms with Crippen molar-refractivity contribution in [2.75, 3.05) is 18.1 Å². The van der Waals surface area contributed by atoms with Gasteiger partial charge in [-0.25, -0.2) is 0 Å². The lowest BCUT2D eigenvalue weighted by Crippen LogP contribution is -2.38. The van der Waals surface area contributed by atoms with E-state index in [0.717, 1.165) is 17.7 Å². The molecule has 3 nitrogen and oxygen atoms in total. The van der Waals surface area contributed by atoms with Crippen molar-refractivity contribution < 1.29 is 14.4 Å².